The number of rotatable bonds is 1. The molecular weight excluding hydrogens is 208 g/mol. The van der Waals surface area contributed by atoms with Gasteiger partial charge in [-0.05, 0) is 37.9 Å². The number of thiocarbonyl (C=S) groups is 1. The van der Waals surface area contributed by atoms with E-state index >= 15 is 0 Å². The predicted molar refractivity (Wildman–Crippen MR) is 58.7 cm³/mol. The molecule has 13 heavy (non-hydrogen) atoms. The maximum absolute atomic E-state index is 9.09. The summed E-state index contributed by atoms with van der Waals surface area (Å²) in [4.78, 5) is 9.09. The molecule has 4 nitrogen and oxygen atoms in total. The van der Waals surface area contributed by atoms with E-state index in [0.29, 0.717) is 6.10 Å². The number of thiol groups is 1. The smallest absolute Gasteiger partial charge is 0.273 e. The van der Waals surface area contributed by atoms with E-state index in [-0.39, 0.29) is 5.17 Å². The van der Waals surface area contributed by atoms with Crippen LogP contribution >= 0.6 is 24.8 Å². The van der Waals surface area contributed by atoms with Crippen LogP contribution in [-0.2, 0) is 4.74 Å². The Morgan fingerprint density at radius 3 is 2.08 bits per heavy atom. The van der Waals surface area contributed by atoms with E-state index in [0.717, 1.165) is 12.8 Å². The van der Waals surface area contributed by atoms with Gasteiger partial charge in [-0.3, -0.25) is 4.79 Å². The zero-order valence-electron chi connectivity index (χ0n) is 7.23. The standard InChI is InChI=1S/C6H11NOS.CH3NOS/c7-6(9)8-5-3-1-2-4-5;2-1(3)4/h5H,1-4H2,(H2,7,9);(H3,2,3,4). The second-order valence-electron chi connectivity index (χ2n) is 2.68. The molecule has 1 amide bonds. The van der Waals surface area contributed by atoms with E-state index < -0.39 is 5.24 Å². The third-order valence-corrected chi connectivity index (χ3v) is 1.68. The molecule has 1 aliphatic rings. The van der Waals surface area contributed by atoms with Crippen molar-refractivity contribution in [1.29, 1.82) is 0 Å². The van der Waals surface area contributed by atoms with E-state index in [4.69, 9.17) is 15.3 Å². The minimum absolute atomic E-state index is 0.196. The van der Waals surface area contributed by atoms with Crippen molar-refractivity contribution in [2.24, 2.45) is 11.5 Å². The summed E-state index contributed by atoms with van der Waals surface area (Å²) < 4.78 is 5.12. The van der Waals surface area contributed by atoms with Gasteiger partial charge in [0.1, 0.15) is 6.10 Å². The zero-order chi connectivity index (χ0) is 10.3. The third-order valence-electron chi connectivity index (χ3n) is 1.59. The molecule has 0 atom stereocenters. The molecule has 0 unspecified atom stereocenters. The number of nitrogens with two attached hydrogens (primary N) is 2. The summed E-state index contributed by atoms with van der Waals surface area (Å²) in [6.07, 6.45) is 5.08. The zero-order valence-corrected chi connectivity index (χ0v) is 8.94. The Balaban J connectivity index is 0.000000310. The minimum Gasteiger partial charge on any atom is -0.468 e. The molecule has 4 N–H and O–H groups in total. The summed E-state index contributed by atoms with van der Waals surface area (Å²) in [6, 6.07) is 0. The van der Waals surface area contributed by atoms with Gasteiger partial charge in [0.25, 0.3) is 10.4 Å². The second-order valence-corrected chi connectivity index (χ2v) is 3.52. The lowest BCUT2D eigenvalue weighted by atomic mass is 10.3. The molecular formula is C7H14N2O2S2. The third kappa shape index (κ3) is 9.42. The van der Waals surface area contributed by atoms with Gasteiger partial charge in [-0.25, -0.2) is 0 Å². The van der Waals surface area contributed by atoms with Crippen LogP contribution < -0.4 is 11.5 Å². The topological polar surface area (TPSA) is 78.3 Å². The highest BCUT2D eigenvalue weighted by molar-refractivity contribution is 7.96. The van der Waals surface area contributed by atoms with Crippen LogP contribution in [0.1, 0.15) is 25.7 Å². The van der Waals surface area contributed by atoms with E-state index in [1.807, 2.05) is 0 Å². The first-order valence-electron chi connectivity index (χ1n) is 3.97. The van der Waals surface area contributed by atoms with Crippen LogP contribution in [0.2, 0.25) is 0 Å². The molecule has 0 radical (unpaired) electrons. The Hall–Kier alpha value is -0.490. The van der Waals surface area contributed by atoms with Crippen LogP contribution in [0.4, 0.5) is 4.79 Å². The van der Waals surface area contributed by atoms with Crippen LogP contribution in [0.15, 0.2) is 0 Å². The summed E-state index contributed by atoms with van der Waals surface area (Å²) in [5, 5.41) is -0.443. The van der Waals surface area contributed by atoms with Gasteiger partial charge in [-0.15, -0.1) is 0 Å². The molecule has 0 saturated heterocycles. The Labute approximate surface area is 88.4 Å². The van der Waals surface area contributed by atoms with E-state index in [1.54, 1.807) is 0 Å². The monoisotopic (exact) mass is 222 g/mol. The molecule has 1 aliphatic carbocycles. The summed E-state index contributed by atoms with van der Waals surface area (Å²) >= 11 is 7.69. The summed E-state index contributed by atoms with van der Waals surface area (Å²) in [6.45, 7) is 0. The normalized spacial score (nSPS) is 15.8. The Bertz CT molecular complexity index is 177. The maximum Gasteiger partial charge on any atom is 0.273 e. The summed E-state index contributed by atoms with van der Waals surface area (Å²) in [5.74, 6) is 0. The van der Waals surface area contributed by atoms with Crippen LogP contribution in [0.3, 0.4) is 0 Å². The fourth-order valence-corrected chi connectivity index (χ4v) is 1.31. The fraction of sp³-hybridized carbons (Fsp3) is 0.714. The largest absolute Gasteiger partial charge is 0.468 e. The Kier molecular flexibility index (Phi) is 6.70. The first-order valence-corrected chi connectivity index (χ1v) is 4.82. The van der Waals surface area contributed by atoms with Crippen LogP contribution in [-0.4, -0.2) is 16.5 Å². The number of carbonyl (C=O) groups excluding carboxylic acids is 1. The van der Waals surface area contributed by atoms with Gasteiger partial charge in [0.2, 0.25) is 0 Å². The minimum atomic E-state index is -0.639. The molecule has 1 saturated carbocycles. The first kappa shape index (κ1) is 12.5. The molecule has 0 bridgehead atoms. The van der Waals surface area contributed by atoms with Gasteiger partial charge >= 0.3 is 0 Å². The number of ether oxygens (including phenoxy) is 1. The van der Waals surface area contributed by atoms with Crippen molar-refractivity contribution in [2.45, 2.75) is 31.8 Å². The van der Waals surface area contributed by atoms with Crippen molar-refractivity contribution in [1.82, 2.24) is 0 Å². The van der Waals surface area contributed by atoms with Crippen LogP contribution in [0.5, 0.6) is 0 Å². The van der Waals surface area contributed by atoms with Gasteiger partial charge in [0, 0.05) is 0 Å². The second kappa shape index (κ2) is 6.97. The highest BCUT2D eigenvalue weighted by Crippen LogP contribution is 2.20. The predicted octanol–water partition coefficient (Wildman–Crippen LogP) is 1.18. The Morgan fingerprint density at radius 2 is 1.77 bits per heavy atom. The lowest BCUT2D eigenvalue weighted by molar-refractivity contribution is 0.199. The van der Waals surface area contributed by atoms with Crippen molar-refractivity contribution in [3.8, 4) is 0 Å². The molecule has 0 heterocycles. The molecule has 76 valence electrons. The van der Waals surface area contributed by atoms with E-state index in [1.165, 1.54) is 12.8 Å². The van der Waals surface area contributed by atoms with Crippen LogP contribution in [0, 0.1) is 0 Å². The molecule has 0 spiro atoms. The highest BCUT2D eigenvalue weighted by atomic mass is 32.1. The molecule has 1 fully saturated rings. The fourth-order valence-electron chi connectivity index (χ4n) is 1.17. The quantitative estimate of drug-likeness (QED) is 0.460. The van der Waals surface area contributed by atoms with Gasteiger partial charge in [0.05, 0.1) is 0 Å². The van der Waals surface area contributed by atoms with Crippen molar-refractivity contribution in [3.63, 3.8) is 0 Å². The number of hydrogen-bond donors (Lipinski definition) is 3. The van der Waals surface area contributed by atoms with Crippen molar-refractivity contribution >= 4 is 35.3 Å². The number of amides is 1. The lowest BCUT2D eigenvalue weighted by Gasteiger charge is -2.09. The number of primary amides is 1. The number of hydrogen-bond acceptors (Lipinski definition) is 3. The number of carbonyl (C=O) groups is 1. The summed E-state index contributed by atoms with van der Waals surface area (Å²) in [7, 11) is 0. The maximum atomic E-state index is 9.09. The lowest BCUT2D eigenvalue weighted by Crippen LogP contribution is -2.19. The Morgan fingerprint density at radius 1 is 1.38 bits per heavy atom. The van der Waals surface area contributed by atoms with Gasteiger partial charge in [-0.1, -0.05) is 12.6 Å². The molecule has 0 aromatic carbocycles. The summed E-state index contributed by atoms with van der Waals surface area (Å²) in [5.41, 5.74) is 9.52. The first-order chi connectivity index (χ1) is 6.02. The average molecular weight is 222 g/mol. The van der Waals surface area contributed by atoms with Crippen molar-refractivity contribution in [3.05, 3.63) is 0 Å². The van der Waals surface area contributed by atoms with E-state index in [9.17, 15) is 0 Å². The molecule has 1 rings (SSSR count). The highest BCUT2D eigenvalue weighted by Gasteiger charge is 2.15. The van der Waals surface area contributed by atoms with Crippen molar-refractivity contribution < 1.29 is 9.53 Å². The molecule has 0 aromatic heterocycles. The van der Waals surface area contributed by atoms with Gasteiger partial charge < -0.3 is 16.2 Å². The molecule has 0 aliphatic heterocycles. The van der Waals surface area contributed by atoms with Crippen molar-refractivity contribution in [2.75, 3.05) is 0 Å². The SMILES string of the molecule is NC(=O)S.NC(=S)OC1CCCC1. The van der Waals surface area contributed by atoms with Gasteiger partial charge in [0.15, 0.2) is 0 Å². The van der Waals surface area contributed by atoms with Crippen LogP contribution in [0.25, 0.3) is 0 Å². The molecule has 0 aromatic rings. The van der Waals surface area contributed by atoms with E-state index in [2.05, 4.69) is 30.6 Å². The molecule has 6 heteroatoms. The van der Waals surface area contributed by atoms with Gasteiger partial charge in [-0.2, -0.15) is 0 Å². The average Bonchev–Trinajstić information content (AvgIpc) is 2.36.